The summed E-state index contributed by atoms with van der Waals surface area (Å²) >= 11 is 0. The fourth-order valence-corrected chi connectivity index (χ4v) is 4.85. The molecule has 116 valence electrons. The number of ether oxygens (including phenoxy) is 1. The molecule has 2 unspecified atom stereocenters. The van der Waals surface area contributed by atoms with Crippen LogP contribution < -0.4 is 10.1 Å². The summed E-state index contributed by atoms with van der Waals surface area (Å²) in [7, 11) is -0.859. The normalized spacial score (nSPS) is 25.7. The first-order valence-electron chi connectivity index (χ1n) is 7.70. The molecule has 2 aliphatic rings. The predicted molar refractivity (Wildman–Crippen MR) is 83.3 cm³/mol. The number of sulfone groups is 1. The van der Waals surface area contributed by atoms with Crippen LogP contribution in [0.25, 0.3) is 0 Å². The zero-order valence-corrected chi connectivity index (χ0v) is 13.2. The van der Waals surface area contributed by atoms with Crippen molar-refractivity contribution in [2.75, 3.05) is 18.6 Å². The Morgan fingerprint density at radius 1 is 1.24 bits per heavy atom. The molecule has 21 heavy (non-hydrogen) atoms. The second-order valence-corrected chi connectivity index (χ2v) is 8.46. The quantitative estimate of drug-likeness (QED) is 0.876. The molecular formula is C16H23NO3S. The van der Waals surface area contributed by atoms with Crippen LogP contribution in [0, 0.1) is 5.92 Å². The molecule has 1 aliphatic heterocycles. The molecule has 2 fully saturated rings. The minimum atomic E-state index is -2.79. The van der Waals surface area contributed by atoms with E-state index >= 15 is 0 Å². The van der Waals surface area contributed by atoms with Crippen LogP contribution in [0.4, 0.5) is 0 Å². The van der Waals surface area contributed by atoms with Crippen molar-refractivity contribution < 1.29 is 13.2 Å². The van der Waals surface area contributed by atoms with Gasteiger partial charge in [0.2, 0.25) is 0 Å². The number of hydrogen-bond acceptors (Lipinski definition) is 4. The fourth-order valence-electron chi connectivity index (χ4n) is 2.97. The average molecular weight is 309 g/mol. The van der Waals surface area contributed by atoms with Gasteiger partial charge in [0.15, 0.2) is 9.84 Å². The number of rotatable bonds is 6. The van der Waals surface area contributed by atoms with Crippen LogP contribution in [0.3, 0.4) is 0 Å². The largest absolute Gasteiger partial charge is 0.490 e. The SMILES string of the molecule is CNC(CC1CCS(=O)(=O)C1)c1ccc(OC2CC2)cc1. The third-order valence-electron chi connectivity index (χ3n) is 4.35. The van der Waals surface area contributed by atoms with Crippen molar-refractivity contribution in [2.24, 2.45) is 5.92 Å². The van der Waals surface area contributed by atoms with Gasteiger partial charge in [0.25, 0.3) is 0 Å². The van der Waals surface area contributed by atoms with E-state index in [1.165, 1.54) is 5.56 Å². The van der Waals surface area contributed by atoms with Gasteiger partial charge in [-0.2, -0.15) is 0 Å². The predicted octanol–water partition coefficient (Wildman–Crippen LogP) is 2.31. The van der Waals surface area contributed by atoms with Gasteiger partial charge in [-0.3, -0.25) is 0 Å². The molecule has 1 aliphatic carbocycles. The highest BCUT2D eigenvalue weighted by Crippen LogP contribution is 2.31. The van der Waals surface area contributed by atoms with Crippen LogP contribution in [0.5, 0.6) is 5.75 Å². The van der Waals surface area contributed by atoms with Crippen LogP contribution in [-0.2, 0) is 9.84 Å². The van der Waals surface area contributed by atoms with Gasteiger partial charge in [-0.05, 0) is 56.3 Å². The van der Waals surface area contributed by atoms with Gasteiger partial charge in [0.05, 0.1) is 17.6 Å². The van der Waals surface area contributed by atoms with E-state index in [1.54, 1.807) is 0 Å². The Hall–Kier alpha value is -1.07. The molecule has 1 aromatic rings. The molecule has 0 aromatic heterocycles. The molecule has 1 N–H and O–H groups in total. The van der Waals surface area contributed by atoms with Gasteiger partial charge in [-0.1, -0.05) is 12.1 Å². The Morgan fingerprint density at radius 2 is 1.95 bits per heavy atom. The summed E-state index contributed by atoms with van der Waals surface area (Å²) in [5.41, 5.74) is 1.20. The van der Waals surface area contributed by atoms with Gasteiger partial charge in [-0.15, -0.1) is 0 Å². The minimum Gasteiger partial charge on any atom is -0.490 e. The van der Waals surface area contributed by atoms with E-state index in [2.05, 4.69) is 17.4 Å². The minimum absolute atomic E-state index is 0.207. The highest BCUT2D eigenvalue weighted by Gasteiger charge is 2.30. The topological polar surface area (TPSA) is 55.4 Å². The summed E-state index contributed by atoms with van der Waals surface area (Å²) in [6, 6.07) is 8.41. The number of benzene rings is 1. The highest BCUT2D eigenvalue weighted by molar-refractivity contribution is 7.91. The van der Waals surface area contributed by atoms with E-state index in [-0.39, 0.29) is 12.0 Å². The van der Waals surface area contributed by atoms with E-state index in [9.17, 15) is 8.42 Å². The molecule has 0 bridgehead atoms. The lowest BCUT2D eigenvalue weighted by atomic mass is 9.94. The van der Waals surface area contributed by atoms with E-state index in [1.807, 2.05) is 19.2 Å². The maximum absolute atomic E-state index is 11.6. The zero-order valence-electron chi connectivity index (χ0n) is 12.4. The van der Waals surface area contributed by atoms with Crippen LogP contribution in [0.2, 0.25) is 0 Å². The summed E-state index contributed by atoms with van der Waals surface area (Å²) in [6.07, 6.45) is 4.41. The monoisotopic (exact) mass is 309 g/mol. The molecule has 0 spiro atoms. The smallest absolute Gasteiger partial charge is 0.150 e. The third-order valence-corrected chi connectivity index (χ3v) is 6.19. The van der Waals surface area contributed by atoms with E-state index in [0.717, 1.165) is 31.4 Å². The number of nitrogens with one attached hydrogen (secondary N) is 1. The van der Waals surface area contributed by atoms with Gasteiger partial charge in [0.1, 0.15) is 5.75 Å². The van der Waals surface area contributed by atoms with Gasteiger partial charge in [0, 0.05) is 6.04 Å². The van der Waals surface area contributed by atoms with Gasteiger partial charge >= 0.3 is 0 Å². The summed E-state index contributed by atoms with van der Waals surface area (Å²) in [5, 5.41) is 3.31. The first-order chi connectivity index (χ1) is 10.1. The van der Waals surface area contributed by atoms with E-state index in [4.69, 9.17) is 4.74 Å². The maximum atomic E-state index is 11.6. The molecule has 1 saturated heterocycles. The summed E-state index contributed by atoms with van der Waals surface area (Å²) < 4.78 is 28.9. The molecule has 5 heteroatoms. The first-order valence-corrected chi connectivity index (χ1v) is 9.52. The third kappa shape index (κ3) is 3.98. The molecule has 0 radical (unpaired) electrons. The number of hydrogen-bond donors (Lipinski definition) is 1. The molecule has 1 heterocycles. The molecule has 1 aromatic carbocycles. The van der Waals surface area contributed by atoms with E-state index in [0.29, 0.717) is 17.6 Å². The molecule has 3 rings (SSSR count). The first kappa shape index (κ1) is 14.9. The molecule has 0 amide bonds. The van der Waals surface area contributed by atoms with Crippen LogP contribution in [0.1, 0.15) is 37.3 Å². The van der Waals surface area contributed by atoms with Crippen molar-refractivity contribution in [3.63, 3.8) is 0 Å². The van der Waals surface area contributed by atoms with Crippen LogP contribution >= 0.6 is 0 Å². The van der Waals surface area contributed by atoms with Crippen LogP contribution in [-0.4, -0.2) is 33.1 Å². The van der Waals surface area contributed by atoms with Crippen molar-refractivity contribution >= 4 is 9.84 Å². The Labute approximate surface area is 126 Å². The summed E-state index contributed by atoms with van der Waals surface area (Å²) in [5.74, 6) is 1.89. The lowest BCUT2D eigenvalue weighted by molar-refractivity contribution is 0.303. The standard InChI is InChI=1S/C16H23NO3S/c1-17-16(10-12-8-9-21(18,19)11-12)13-2-4-14(5-3-13)20-15-6-7-15/h2-5,12,15-17H,6-11H2,1H3. The Kier molecular flexibility index (Phi) is 4.22. The molecular weight excluding hydrogens is 286 g/mol. The lowest BCUT2D eigenvalue weighted by Crippen LogP contribution is -2.20. The van der Waals surface area contributed by atoms with Crippen molar-refractivity contribution in [1.82, 2.24) is 5.32 Å². The Morgan fingerprint density at radius 3 is 2.48 bits per heavy atom. The summed E-state index contributed by atoms with van der Waals surface area (Å²) in [4.78, 5) is 0. The fraction of sp³-hybridized carbons (Fsp3) is 0.625. The van der Waals surface area contributed by atoms with Gasteiger partial charge < -0.3 is 10.1 Å². The maximum Gasteiger partial charge on any atom is 0.150 e. The van der Waals surface area contributed by atoms with Gasteiger partial charge in [-0.25, -0.2) is 8.42 Å². The second-order valence-electron chi connectivity index (χ2n) is 6.23. The average Bonchev–Trinajstić information content (AvgIpc) is 3.20. The second kappa shape index (κ2) is 5.97. The Bertz CT molecular complexity index is 578. The van der Waals surface area contributed by atoms with Crippen molar-refractivity contribution in [3.8, 4) is 5.75 Å². The van der Waals surface area contributed by atoms with Crippen molar-refractivity contribution in [3.05, 3.63) is 29.8 Å². The summed E-state index contributed by atoms with van der Waals surface area (Å²) in [6.45, 7) is 0. The molecule has 4 nitrogen and oxygen atoms in total. The van der Waals surface area contributed by atoms with Crippen molar-refractivity contribution in [1.29, 1.82) is 0 Å². The van der Waals surface area contributed by atoms with Crippen molar-refractivity contribution in [2.45, 2.75) is 37.8 Å². The molecule has 2 atom stereocenters. The highest BCUT2D eigenvalue weighted by atomic mass is 32.2. The van der Waals surface area contributed by atoms with E-state index < -0.39 is 9.84 Å². The zero-order chi connectivity index (χ0) is 14.9. The van der Waals surface area contributed by atoms with Crippen LogP contribution in [0.15, 0.2) is 24.3 Å². The molecule has 1 saturated carbocycles. The Balaban J connectivity index is 1.62. The lowest BCUT2D eigenvalue weighted by Gasteiger charge is -2.20.